The Morgan fingerprint density at radius 1 is 1.21 bits per heavy atom. The molecule has 3 aromatic rings. The molecule has 28 heavy (non-hydrogen) atoms. The van der Waals surface area contributed by atoms with Gasteiger partial charge in [-0.05, 0) is 55.0 Å². The summed E-state index contributed by atoms with van der Waals surface area (Å²) in [5, 5.41) is 10.6. The molecule has 3 rings (SSSR count). The molecule has 1 heterocycles. The minimum absolute atomic E-state index is 0.0778. The molecule has 0 aliphatic heterocycles. The first-order chi connectivity index (χ1) is 13.2. The van der Waals surface area contributed by atoms with Gasteiger partial charge in [0, 0.05) is 19.8 Å². The number of nitrogens with zero attached hydrogens (tertiary/aromatic N) is 4. The minimum atomic E-state index is -3.62. The maximum Gasteiger partial charge on any atom is 0.267 e. The van der Waals surface area contributed by atoms with Crippen LogP contribution >= 0.6 is 0 Å². The van der Waals surface area contributed by atoms with Crippen molar-refractivity contribution in [3.8, 4) is 0 Å². The van der Waals surface area contributed by atoms with E-state index in [1.54, 1.807) is 13.0 Å². The summed E-state index contributed by atoms with van der Waals surface area (Å²) in [5.74, 6) is -0.369. The molecule has 1 atom stereocenters. The molecule has 1 N–H and O–H groups in total. The molecule has 0 saturated heterocycles. The van der Waals surface area contributed by atoms with E-state index < -0.39 is 16.1 Å². The highest BCUT2D eigenvalue weighted by molar-refractivity contribution is 7.89. The van der Waals surface area contributed by atoms with Crippen LogP contribution in [0.3, 0.4) is 0 Å². The second-order valence-corrected chi connectivity index (χ2v) is 8.66. The van der Waals surface area contributed by atoms with Crippen molar-refractivity contribution in [3.05, 3.63) is 48.0 Å². The molecule has 0 bridgehead atoms. The summed E-state index contributed by atoms with van der Waals surface area (Å²) < 4.78 is 25.8. The van der Waals surface area contributed by atoms with Crippen molar-refractivity contribution in [2.24, 2.45) is 0 Å². The zero-order chi connectivity index (χ0) is 20.5. The lowest BCUT2D eigenvalue weighted by Gasteiger charge is -2.15. The average molecular weight is 403 g/mol. The summed E-state index contributed by atoms with van der Waals surface area (Å²) in [6, 6.07) is 11.8. The number of hydrogen-bond donors (Lipinski definition) is 1. The maximum absolute atomic E-state index is 12.4. The lowest BCUT2D eigenvalue weighted by atomic mass is 10.2. The highest BCUT2D eigenvalue weighted by atomic mass is 32.2. The summed E-state index contributed by atoms with van der Waals surface area (Å²) >= 11 is 0. The van der Waals surface area contributed by atoms with Crippen molar-refractivity contribution < 1.29 is 18.0 Å². The van der Waals surface area contributed by atoms with E-state index in [1.807, 2.05) is 25.1 Å². The average Bonchev–Trinajstić information content (AvgIpc) is 3.03. The number of anilines is 1. The summed E-state index contributed by atoms with van der Waals surface area (Å²) in [7, 11) is -0.728. The molecular weight excluding hydrogens is 382 g/mol. The quantitative estimate of drug-likeness (QED) is 0.668. The van der Waals surface area contributed by atoms with Gasteiger partial charge >= 0.3 is 0 Å². The third kappa shape index (κ3) is 3.97. The van der Waals surface area contributed by atoms with Crippen LogP contribution in [-0.2, 0) is 14.8 Å². The van der Waals surface area contributed by atoms with Crippen LogP contribution in [0.4, 0.5) is 5.69 Å². The molecule has 0 fully saturated rings. The first-order valence-corrected chi connectivity index (χ1v) is 9.95. The summed E-state index contributed by atoms with van der Waals surface area (Å²) in [6.07, 6.45) is -0.889. The van der Waals surface area contributed by atoms with Crippen LogP contribution in [-0.4, -0.2) is 54.0 Å². The third-order valence-electron chi connectivity index (χ3n) is 4.08. The fourth-order valence-electron chi connectivity index (χ4n) is 2.49. The van der Waals surface area contributed by atoms with Gasteiger partial charge in [0.25, 0.3) is 5.91 Å². The lowest BCUT2D eigenvalue weighted by Crippen LogP contribution is -2.35. The Balaban J connectivity index is 1.82. The Morgan fingerprint density at radius 2 is 1.96 bits per heavy atom. The first-order valence-electron chi connectivity index (χ1n) is 8.51. The van der Waals surface area contributed by atoms with Gasteiger partial charge in [-0.2, -0.15) is 0 Å². The Labute approximate surface area is 162 Å². The number of carbonyl (C=O) groups is 1. The van der Waals surface area contributed by atoms with E-state index in [9.17, 15) is 13.2 Å². The summed E-state index contributed by atoms with van der Waals surface area (Å²) in [5.41, 5.74) is 2.47. The van der Waals surface area contributed by atoms with Gasteiger partial charge in [-0.25, -0.2) is 12.7 Å². The van der Waals surface area contributed by atoms with E-state index in [2.05, 4.69) is 15.6 Å². The van der Waals surface area contributed by atoms with Gasteiger partial charge in [-0.15, -0.1) is 5.10 Å². The van der Waals surface area contributed by atoms with E-state index >= 15 is 0 Å². The second-order valence-electron chi connectivity index (χ2n) is 6.51. The van der Waals surface area contributed by atoms with Crippen molar-refractivity contribution in [2.45, 2.75) is 24.8 Å². The van der Waals surface area contributed by atoms with Crippen LogP contribution in [0.2, 0.25) is 0 Å². The molecule has 148 valence electrons. The van der Waals surface area contributed by atoms with Crippen molar-refractivity contribution in [3.63, 3.8) is 0 Å². The highest BCUT2D eigenvalue weighted by Gasteiger charge is 2.21. The largest absolute Gasteiger partial charge is 0.382 e. The molecule has 0 saturated carbocycles. The number of benzene rings is 2. The van der Waals surface area contributed by atoms with E-state index in [1.165, 1.54) is 32.3 Å². The summed E-state index contributed by atoms with van der Waals surface area (Å²) in [6.45, 7) is 3.50. The molecular formula is C18H21N5O4S. The van der Waals surface area contributed by atoms with Gasteiger partial charge in [0.05, 0.1) is 4.90 Å². The number of carbonyl (C=O) groups excluding carboxylic acids is 1. The van der Waals surface area contributed by atoms with Crippen molar-refractivity contribution in [1.29, 1.82) is 0 Å². The van der Waals surface area contributed by atoms with Crippen molar-refractivity contribution in [1.82, 2.24) is 19.5 Å². The fourth-order valence-corrected chi connectivity index (χ4v) is 3.41. The minimum Gasteiger partial charge on any atom is -0.382 e. The predicted molar refractivity (Wildman–Crippen MR) is 104 cm³/mol. The SMILES string of the molecule is Cc1cccc(NC(=O)C(C)On2nnc3ccc(S(=O)(=O)N(C)C)cc32)c1. The topological polar surface area (TPSA) is 106 Å². The molecule has 10 heteroatoms. The zero-order valence-electron chi connectivity index (χ0n) is 15.9. The molecule has 0 spiro atoms. The smallest absolute Gasteiger partial charge is 0.267 e. The number of rotatable bonds is 6. The number of amides is 1. The maximum atomic E-state index is 12.4. The molecule has 1 amide bonds. The van der Waals surface area contributed by atoms with Gasteiger partial charge < -0.3 is 10.2 Å². The Morgan fingerprint density at radius 3 is 2.64 bits per heavy atom. The molecule has 9 nitrogen and oxygen atoms in total. The van der Waals surface area contributed by atoms with Gasteiger partial charge in [-0.3, -0.25) is 4.79 Å². The number of aromatic nitrogens is 3. The number of sulfonamides is 1. The lowest BCUT2D eigenvalue weighted by molar-refractivity contribution is -0.127. The standard InChI is InChI=1S/C18H21N5O4S/c1-12-6-5-7-14(10-12)19-18(24)13(2)27-23-17-11-15(28(25,26)22(3)4)8-9-16(17)20-21-23/h5-11,13H,1-4H3,(H,19,24). The van der Waals surface area contributed by atoms with Crippen LogP contribution in [0.25, 0.3) is 11.0 Å². The fraction of sp³-hybridized carbons (Fsp3) is 0.278. The van der Waals surface area contributed by atoms with Crippen LogP contribution in [0, 0.1) is 6.92 Å². The van der Waals surface area contributed by atoms with Crippen LogP contribution < -0.4 is 10.2 Å². The van der Waals surface area contributed by atoms with Gasteiger partial charge in [0.2, 0.25) is 16.1 Å². The molecule has 0 aliphatic carbocycles. The number of hydrogen-bond acceptors (Lipinski definition) is 6. The Bertz CT molecular complexity index is 1120. The number of nitrogens with one attached hydrogen (secondary N) is 1. The zero-order valence-corrected chi connectivity index (χ0v) is 16.8. The number of aryl methyl sites for hydroxylation is 1. The van der Waals surface area contributed by atoms with Gasteiger partial charge in [0.1, 0.15) is 11.0 Å². The highest BCUT2D eigenvalue weighted by Crippen LogP contribution is 2.19. The Kier molecular flexibility index (Phi) is 5.34. The molecule has 1 aromatic heterocycles. The van der Waals surface area contributed by atoms with E-state index in [0.717, 1.165) is 14.7 Å². The third-order valence-corrected chi connectivity index (χ3v) is 5.89. The van der Waals surface area contributed by atoms with Crippen molar-refractivity contribution in [2.75, 3.05) is 19.4 Å². The van der Waals surface area contributed by atoms with Crippen LogP contribution in [0.15, 0.2) is 47.4 Å². The van der Waals surface area contributed by atoms with E-state index in [4.69, 9.17) is 4.84 Å². The van der Waals surface area contributed by atoms with Crippen LogP contribution in [0.1, 0.15) is 12.5 Å². The molecule has 1 unspecified atom stereocenters. The number of fused-ring (bicyclic) bond motifs is 1. The monoisotopic (exact) mass is 403 g/mol. The van der Waals surface area contributed by atoms with Crippen LogP contribution in [0.5, 0.6) is 0 Å². The second kappa shape index (κ2) is 7.56. The Hall–Kier alpha value is -2.98. The predicted octanol–water partition coefficient (Wildman–Crippen LogP) is 1.45. The molecule has 0 radical (unpaired) electrons. The van der Waals surface area contributed by atoms with Gasteiger partial charge in [0.15, 0.2) is 0 Å². The molecule has 0 aliphatic rings. The van der Waals surface area contributed by atoms with Crippen molar-refractivity contribution >= 4 is 32.7 Å². The van der Waals surface area contributed by atoms with E-state index in [-0.39, 0.29) is 10.8 Å². The normalized spacial score (nSPS) is 12.9. The molecule has 2 aromatic carbocycles. The van der Waals surface area contributed by atoms with E-state index in [0.29, 0.717) is 16.7 Å². The van der Waals surface area contributed by atoms with Gasteiger partial charge in [-0.1, -0.05) is 17.0 Å². The summed E-state index contributed by atoms with van der Waals surface area (Å²) in [4.78, 5) is 19.1. The first kappa shape index (κ1) is 19.8.